The van der Waals surface area contributed by atoms with Crippen LogP contribution in [0.3, 0.4) is 0 Å². The van der Waals surface area contributed by atoms with Crippen LogP contribution in [0, 0.1) is 13.8 Å². The number of carbonyl (C=O) groups excluding carboxylic acids is 1. The fourth-order valence-corrected chi connectivity index (χ4v) is 1.79. The van der Waals surface area contributed by atoms with Crippen molar-refractivity contribution >= 4 is 17.3 Å². The van der Waals surface area contributed by atoms with Gasteiger partial charge in [-0.3, -0.25) is 4.79 Å². The summed E-state index contributed by atoms with van der Waals surface area (Å²) in [7, 11) is 0. The maximum atomic E-state index is 11.8. The van der Waals surface area contributed by atoms with E-state index < -0.39 is 0 Å². The first-order chi connectivity index (χ1) is 9.15. The molecule has 0 atom stereocenters. The van der Waals surface area contributed by atoms with E-state index in [-0.39, 0.29) is 12.5 Å². The van der Waals surface area contributed by atoms with E-state index in [0.29, 0.717) is 0 Å². The molecule has 0 radical (unpaired) electrons. The zero-order chi connectivity index (χ0) is 13.7. The minimum atomic E-state index is -0.0490. The Morgan fingerprint density at radius 1 is 1.00 bits per heavy atom. The Morgan fingerprint density at radius 3 is 2.37 bits per heavy atom. The quantitative estimate of drug-likeness (QED) is 0.878. The summed E-state index contributed by atoms with van der Waals surface area (Å²) in [6.45, 7) is 4.30. The molecular weight excluding hydrogens is 236 g/mol. The van der Waals surface area contributed by atoms with E-state index in [2.05, 4.69) is 10.6 Å². The second kappa shape index (κ2) is 6.05. The highest BCUT2D eigenvalue weighted by Gasteiger charge is 2.03. The van der Waals surface area contributed by atoms with Gasteiger partial charge in [-0.05, 0) is 37.6 Å². The number of rotatable bonds is 4. The summed E-state index contributed by atoms with van der Waals surface area (Å²) in [5.74, 6) is -0.0490. The van der Waals surface area contributed by atoms with Crippen LogP contribution in [-0.4, -0.2) is 12.5 Å². The Bertz CT molecular complexity index is 561. The molecule has 2 rings (SSSR count). The third kappa shape index (κ3) is 3.85. The van der Waals surface area contributed by atoms with Gasteiger partial charge in [0.25, 0.3) is 0 Å². The van der Waals surface area contributed by atoms with E-state index in [9.17, 15) is 4.79 Å². The molecule has 0 saturated carbocycles. The minimum absolute atomic E-state index is 0.0490. The zero-order valence-corrected chi connectivity index (χ0v) is 11.2. The molecule has 2 aromatic carbocycles. The highest BCUT2D eigenvalue weighted by atomic mass is 16.1. The molecule has 0 aliphatic heterocycles. The Kier molecular flexibility index (Phi) is 4.18. The highest BCUT2D eigenvalue weighted by Crippen LogP contribution is 2.13. The van der Waals surface area contributed by atoms with Gasteiger partial charge >= 0.3 is 0 Å². The van der Waals surface area contributed by atoms with Gasteiger partial charge < -0.3 is 10.6 Å². The van der Waals surface area contributed by atoms with E-state index in [1.54, 1.807) is 0 Å². The Balaban J connectivity index is 1.88. The molecule has 2 aromatic rings. The summed E-state index contributed by atoms with van der Waals surface area (Å²) < 4.78 is 0. The summed E-state index contributed by atoms with van der Waals surface area (Å²) in [5, 5.41) is 5.99. The molecule has 3 nitrogen and oxygen atoms in total. The lowest BCUT2D eigenvalue weighted by Gasteiger charge is -2.10. The first kappa shape index (κ1) is 13.1. The van der Waals surface area contributed by atoms with E-state index in [1.165, 1.54) is 5.56 Å². The molecule has 19 heavy (non-hydrogen) atoms. The van der Waals surface area contributed by atoms with Crippen LogP contribution in [0.25, 0.3) is 0 Å². The smallest absolute Gasteiger partial charge is 0.243 e. The predicted octanol–water partition coefficient (Wildman–Crippen LogP) is 3.35. The van der Waals surface area contributed by atoms with Crippen LogP contribution >= 0.6 is 0 Å². The van der Waals surface area contributed by atoms with Gasteiger partial charge in [0.1, 0.15) is 0 Å². The van der Waals surface area contributed by atoms with Crippen molar-refractivity contribution in [1.82, 2.24) is 0 Å². The molecule has 1 amide bonds. The summed E-state index contributed by atoms with van der Waals surface area (Å²) in [4.78, 5) is 11.8. The van der Waals surface area contributed by atoms with E-state index in [0.717, 1.165) is 16.9 Å². The highest BCUT2D eigenvalue weighted by molar-refractivity contribution is 5.93. The Morgan fingerprint density at radius 2 is 1.68 bits per heavy atom. The average molecular weight is 254 g/mol. The molecule has 0 bridgehead atoms. The van der Waals surface area contributed by atoms with Crippen molar-refractivity contribution < 1.29 is 4.79 Å². The molecule has 3 heteroatoms. The Hall–Kier alpha value is -2.29. The van der Waals surface area contributed by atoms with Crippen molar-refractivity contribution in [2.45, 2.75) is 13.8 Å². The Labute approximate surface area is 113 Å². The third-order valence-electron chi connectivity index (χ3n) is 2.92. The predicted molar refractivity (Wildman–Crippen MR) is 79.5 cm³/mol. The first-order valence-corrected chi connectivity index (χ1v) is 6.31. The lowest BCUT2D eigenvalue weighted by Crippen LogP contribution is -2.21. The van der Waals surface area contributed by atoms with Crippen LogP contribution < -0.4 is 10.6 Å². The summed E-state index contributed by atoms with van der Waals surface area (Å²) in [6.07, 6.45) is 0. The van der Waals surface area contributed by atoms with Crippen LogP contribution in [0.2, 0.25) is 0 Å². The van der Waals surface area contributed by atoms with Gasteiger partial charge in [0.15, 0.2) is 0 Å². The number of aryl methyl sites for hydroxylation is 2. The molecule has 0 fully saturated rings. The molecule has 0 aromatic heterocycles. The second-order valence-electron chi connectivity index (χ2n) is 4.58. The number of anilines is 2. The van der Waals surface area contributed by atoms with Crippen molar-refractivity contribution in [2.24, 2.45) is 0 Å². The first-order valence-electron chi connectivity index (χ1n) is 6.31. The van der Waals surface area contributed by atoms with Gasteiger partial charge in [0.05, 0.1) is 6.54 Å². The maximum Gasteiger partial charge on any atom is 0.243 e. The average Bonchev–Trinajstić information content (AvgIpc) is 2.40. The summed E-state index contributed by atoms with van der Waals surface area (Å²) in [6, 6.07) is 15.7. The lowest BCUT2D eigenvalue weighted by molar-refractivity contribution is -0.114. The minimum Gasteiger partial charge on any atom is -0.376 e. The molecular formula is C16H18N2O. The van der Waals surface area contributed by atoms with Crippen molar-refractivity contribution in [3.05, 3.63) is 59.7 Å². The fourth-order valence-electron chi connectivity index (χ4n) is 1.79. The van der Waals surface area contributed by atoms with Crippen LogP contribution in [0.4, 0.5) is 11.4 Å². The maximum absolute atomic E-state index is 11.8. The van der Waals surface area contributed by atoms with E-state index >= 15 is 0 Å². The van der Waals surface area contributed by atoms with Crippen molar-refractivity contribution in [1.29, 1.82) is 0 Å². The van der Waals surface area contributed by atoms with Crippen LogP contribution in [0.5, 0.6) is 0 Å². The normalized spacial score (nSPS) is 10.0. The molecule has 98 valence electrons. The van der Waals surface area contributed by atoms with Gasteiger partial charge in [-0.15, -0.1) is 0 Å². The SMILES string of the molecule is Cc1ccc(NC(=O)CNc2ccccc2C)cc1. The monoisotopic (exact) mass is 254 g/mol. The fraction of sp³-hybridized carbons (Fsp3) is 0.188. The van der Waals surface area contributed by atoms with Crippen LogP contribution in [0.15, 0.2) is 48.5 Å². The van der Waals surface area contributed by atoms with E-state index in [4.69, 9.17) is 0 Å². The molecule has 0 saturated heterocycles. The van der Waals surface area contributed by atoms with Gasteiger partial charge in [0.2, 0.25) is 5.91 Å². The second-order valence-corrected chi connectivity index (χ2v) is 4.58. The number of carbonyl (C=O) groups is 1. The number of hydrogen-bond acceptors (Lipinski definition) is 2. The molecule has 0 unspecified atom stereocenters. The standard InChI is InChI=1S/C16H18N2O/c1-12-7-9-14(10-8-12)18-16(19)11-17-15-6-4-3-5-13(15)2/h3-10,17H,11H2,1-2H3,(H,18,19). The van der Waals surface area contributed by atoms with E-state index in [1.807, 2.05) is 62.4 Å². The molecule has 2 N–H and O–H groups in total. The van der Waals surface area contributed by atoms with Crippen LogP contribution in [0.1, 0.15) is 11.1 Å². The summed E-state index contributed by atoms with van der Waals surface area (Å²) in [5.41, 5.74) is 4.12. The van der Waals surface area contributed by atoms with Gasteiger partial charge in [0, 0.05) is 11.4 Å². The van der Waals surface area contributed by atoms with Crippen molar-refractivity contribution in [3.63, 3.8) is 0 Å². The molecule has 0 heterocycles. The molecule has 0 spiro atoms. The molecule has 0 aliphatic rings. The van der Waals surface area contributed by atoms with Gasteiger partial charge in [-0.2, -0.15) is 0 Å². The third-order valence-corrected chi connectivity index (χ3v) is 2.92. The topological polar surface area (TPSA) is 41.1 Å². The number of hydrogen-bond donors (Lipinski definition) is 2. The zero-order valence-electron chi connectivity index (χ0n) is 11.2. The number of benzene rings is 2. The lowest BCUT2D eigenvalue weighted by atomic mass is 10.2. The van der Waals surface area contributed by atoms with Crippen molar-refractivity contribution in [3.8, 4) is 0 Å². The number of amides is 1. The van der Waals surface area contributed by atoms with Crippen molar-refractivity contribution in [2.75, 3.05) is 17.2 Å². The van der Waals surface area contributed by atoms with Crippen LogP contribution in [-0.2, 0) is 4.79 Å². The number of para-hydroxylation sites is 1. The summed E-state index contributed by atoms with van der Waals surface area (Å²) >= 11 is 0. The largest absolute Gasteiger partial charge is 0.376 e. The van der Waals surface area contributed by atoms with Gasteiger partial charge in [-0.25, -0.2) is 0 Å². The van der Waals surface area contributed by atoms with Gasteiger partial charge in [-0.1, -0.05) is 35.9 Å². The molecule has 0 aliphatic carbocycles. The number of nitrogens with one attached hydrogen (secondary N) is 2.